The summed E-state index contributed by atoms with van der Waals surface area (Å²) < 4.78 is 4.88. The molecule has 0 bridgehead atoms. The van der Waals surface area contributed by atoms with Crippen LogP contribution in [-0.2, 0) is 19.9 Å². The Bertz CT molecular complexity index is 987. The summed E-state index contributed by atoms with van der Waals surface area (Å²) in [6.45, 7) is 1.39. The number of fused-ring (bicyclic) bond motifs is 1. The first kappa shape index (κ1) is 20.2. The lowest BCUT2D eigenvalue weighted by atomic mass is 9.88. The van der Waals surface area contributed by atoms with Crippen LogP contribution in [0.25, 0.3) is 0 Å². The van der Waals surface area contributed by atoms with Gasteiger partial charge < -0.3 is 9.84 Å². The van der Waals surface area contributed by atoms with E-state index in [0.717, 1.165) is 4.90 Å². The predicted molar refractivity (Wildman–Crippen MR) is 101 cm³/mol. The average Bonchev–Trinajstić information content (AvgIpc) is 2.90. The van der Waals surface area contributed by atoms with E-state index in [9.17, 15) is 29.6 Å². The summed E-state index contributed by atoms with van der Waals surface area (Å²) in [6.07, 6.45) is -0.569. The molecule has 3 rings (SSSR count). The van der Waals surface area contributed by atoms with E-state index in [1.807, 2.05) is 0 Å². The van der Waals surface area contributed by atoms with Crippen molar-refractivity contribution in [2.45, 2.75) is 18.9 Å². The fraction of sp³-hybridized carbons (Fsp3) is 0.250. The Kier molecular flexibility index (Phi) is 5.42. The molecule has 1 aliphatic rings. The molecule has 9 heteroatoms. The maximum atomic E-state index is 13.0. The van der Waals surface area contributed by atoms with Crippen LogP contribution in [-0.4, -0.2) is 40.8 Å². The molecule has 0 saturated carbocycles. The second kappa shape index (κ2) is 7.80. The number of Topliss-reactive ketones (excluding diaryl/α,β-unsaturated/α-hetero) is 1. The first-order valence-corrected chi connectivity index (χ1v) is 8.85. The van der Waals surface area contributed by atoms with Gasteiger partial charge in [-0.25, -0.2) is 0 Å². The minimum absolute atomic E-state index is 0.123. The van der Waals surface area contributed by atoms with Crippen LogP contribution < -0.4 is 4.90 Å². The van der Waals surface area contributed by atoms with Gasteiger partial charge in [0.25, 0.3) is 11.6 Å². The van der Waals surface area contributed by atoms with E-state index < -0.39 is 41.1 Å². The van der Waals surface area contributed by atoms with Gasteiger partial charge in [-0.15, -0.1) is 0 Å². The number of non-ortho nitro benzene ring substituents is 1. The topological polar surface area (TPSA) is 127 Å². The summed E-state index contributed by atoms with van der Waals surface area (Å²) in [4.78, 5) is 48.8. The van der Waals surface area contributed by atoms with Gasteiger partial charge in [-0.3, -0.25) is 29.4 Å². The van der Waals surface area contributed by atoms with Crippen molar-refractivity contribution in [2.75, 3.05) is 18.1 Å². The summed E-state index contributed by atoms with van der Waals surface area (Å²) in [5, 5.41) is 21.9. The Balaban J connectivity index is 1.89. The molecule has 29 heavy (non-hydrogen) atoms. The van der Waals surface area contributed by atoms with Gasteiger partial charge in [0.1, 0.15) is 6.54 Å². The highest BCUT2D eigenvalue weighted by Crippen LogP contribution is 2.42. The number of hydrogen-bond donors (Lipinski definition) is 1. The van der Waals surface area contributed by atoms with Gasteiger partial charge >= 0.3 is 5.97 Å². The van der Waals surface area contributed by atoms with Crippen LogP contribution >= 0.6 is 0 Å². The first-order valence-electron chi connectivity index (χ1n) is 8.85. The molecule has 0 aliphatic carbocycles. The molecule has 0 aromatic heterocycles. The number of esters is 1. The third kappa shape index (κ3) is 3.72. The second-order valence-electron chi connectivity index (χ2n) is 6.48. The van der Waals surface area contributed by atoms with E-state index >= 15 is 0 Å². The summed E-state index contributed by atoms with van der Waals surface area (Å²) in [5.41, 5.74) is -1.67. The molecule has 2 aromatic rings. The van der Waals surface area contributed by atoms with Crippen LogP contribution in [0.3, 0.4) is 0 Å². The average molecular weight is 398 g/mol. The number of aliphatic hydroxyl groups is 1. The largest absolute Gasteiger partial charge is 0.465 e. The van der Waals surface area contributed by atoms with Crippen molar-refractivity contribution in [2.24, 2.45) is 0 Å². The minimum Gasteiger partial charge on any atom is -0.465 e. The Morgan fingerprint density at radius 2 is 1.83 bits per heavy atom. The standard InChI is InChI=1S/C20H18N2O7/c1-2-29-18(24)12-21-16-6-4-3-5-15(16)20(26,19(21)25)11-17(23)13-7-9-14(10-8-13)22(27)28/h3-10,26H,2,11-12H2,1H3. The molecule has 1 atom stereocenters. The zero-order valence-electron chi connectivity index (χ0n) is 15.5. The molecule has 0 spiro atoms. The van der Waals surface area contributed by atoms with E-state index in [1.54, 1.807) is 25.1 Å². The zero-order chi connectivity index (χ0) is 21.2. The van der Waals surface area contributed by atoms with Gasteiger partial charge in [-0.2, -0.15) is 0 Å². The lowest BCUT2D eigenvalue weighted by Crippen LogP contribution is -2.44. The van der Waals surface area contributed by atoms with Crippen molar-refractivity contribution in [1.29, 1.82) is 0 Å². The fourth-order valence-corrected chi connectivity index (χ4v) is 3.27. The van der Waals surface area contributed by atoms with Gasteiger partial charge in [0.15, 0.2) is 11.4 Å². The molecular formula is C20H18N2O7. The van der Waals surface area contributed by atoms with Crippen LogP contribution in [0.1, 0.15) is 29.3 Å². The number of amides is 1. The van der Waals surface area contributed by atoms with Crippen LogP contribution in [0, 0.1) is 10.1 Å². The highest BCUT2D eigenvalue weighted by molar-refractivity contribution is 6.12. The van der Waals surface area contributed by atoms with E-state index in [2.05, 4.69) is 0 Å². The molecule has 9 nitrogen and oxygen atoms in total. The van der Waals surface area contributed by atoms with Crippen LogP contribution in [0.5, 0.6) is 0 Å². The zero-order valence-corrected chi connectivity index (χ0v) is 15.5. The fourth-order valence-electron chi connectivity index (χ4n) is 3.27. The normalized spacial score (nSPS) is 17.7. The van der Waals surface area contributed by atoms with Crippen molar-refractivity contribution >= 4 is 29.0 Å². The Morgan fingerprint density at radius 3 is 2.45 bits per heavy atom. The molecular weight excluding hydrogens is 380 g/mol. The van der Waals surface area contributed by atoms with Gasteiger partial charge in [0, 0.05) is 23.3 Å². The number of ether oxygens (including phenoxy) is 1. The van der Waals surface area contributed by atoms with Crippen molar-refractivity contribution < 1.29 is 29.2 Å². The maximum Gasteiger partial charge on any atom is 0.326 e. The maximum absolute atomic E-state index is 13.0. The molecule has 2 aromatic carbocycles. The van der Waals surface area contributed by atoms with E-state index in [-0.39, 0.29) is 23.4 Å². The third-order valence-corrected chi connectivity index (χ3v) is 4.65. The Labute approximate surface area is 165 Å². The van der Waals surface area contributed by atoms with Crippen molar-refractivity contribution in [3.05, 3.63) is 69.8 Å². The number of para-hydroxylation sites is 1. The number of carbonyl (C=O) groups is 3. The van der Waals surface area contributed by atoms with E-state index in [1.165, 1.54) is 30.3 Å². The summed E-state index contributed by atoms with van der Waals surface area (Å²) in [5.74, 6) is -2.01. The number of nitrogens with zero attached hydrogens (tertiary/aromatic N) is 2. The van der Waals surface area contributed by atoms with Crippen molar-refractivity contribution in [3.8, 4) is 0 Å². The summed E-state index contributed by atoms with van der Waals surface area (Å²) >= 11 is 0. The van der Waals surface area contributed by atoms with Crippen molar-refractivity contribution in [3.63, 3.8) is 0 Å². The smallest absolute Gasteiger partial charge is 0.326 e. The van der Waals surface area contributed by atoms with Crippen LogP contribution in [0.4, 0.5) is 11.4 Å². The first-order chi connectivity index (χ1) is 13.8. The van der Waals surface area contributed by atoms with Crippen LogP contribution in [0.15, 0.2) is 48.5 Å². The predicted octanol–water partition coefficient (Wildman–Crippen LogP) is 1.97. The van der Waals surface area contributed by atoms with Crippen molar-refractivity contribution in [1.82, 2.24) is 0 Å². The lowest BCUT2D eigenvalue weighted by Gasteiger charge is -2.22. The van der Waals surface area contributed by atoms with Gasteiger partial charge in [0.05, 0.1) is 23.6 Å². The molecule has 0 fully saturated rings. The number of hydrogen-bond acceptors (Lipinski definition) is 7. The van der Waals surface area contributed by atoms with Gasteiger partial charge in [-0.05, 0) is 25.1 Å². The van der Waals surface area contributed by atoms with E-state index in [4.69, 9.17) is 4.74 Å². The number of nitro groups is 1. The second-order valence-corrected chi connectivity index (χ2v) is 6.48. The highest BCUT2D eigenvalue weighted by atomic mass is 16.6. The van der Waals surface area contributed by atoms with Gasteiger partial charge in [0.2, 0.25) is 0 Å². The molecule has 1 heterocycles. The minimum atomic E-state index is -2.15. The number of anilines is 1. The van der Waals surface area contributed by atoms with Crippen LogP contribution in [0.2, 0.25) is 0 Å². The molecule has 1 unspecified atom stereocenters. The van der Waals surface area contributed by atoms with Gasteiger partial charge in [-0.1, -0.05) is 18.2 Å². The Hall–Kier alpha value is -3.59. The number of benzene rings is 2. The molecule has 1 N–H and O–H groups in total. The molecule has 0 radical (unpaired) electrons. The number of rotatable bonds is 7. The molecule has 1 amide bonds. The summed E-state index contributed by atoms with van der Waals surface area (Å²) in [6, 6.07) is 11.2. The summed E-state index contributed by atoms with van der Waals surface area (Å²) in [7, 11) is 0. The molecule has 0 saturated heterocycles. The monoisotopic (exact) mass is 398 g/mol. The number of carbonyl (C=O) groups excluding carboxylic acids is 3. The lowest BCUT2D eigenvalue weighted by molar-refractivity contribution is -0.384. The Morgan fingerprint density at radius 1 is 1.17 bits per heavy atom. The third-order valence-electron chi connectivity index (χ3n) is 4.65. The van der Waals surface area contributed by atoms with E-state index in [0.29, 0.717) is 5.69 Å². The molecule has 1 aliphatic heterocycles. The number of nitro benzene ring substituents is 1. The highest BCUT2D eigenvalue weighted by Gasteiger charge is 2.51. The SMILES string of the molecule is CCOC(=O)CN1C(=O)C(O)(CC(=O)c2ccc([N+](=O)[O-])cc2)c2ccccc21. The quantitative estimate of drug-likeness (QED) is 0.327. The molecule has 150 valence electrons. The number of ketones is 1.